The van der Waals surface area contributed by atoms with Crippen LogP contribution in [-0.2, 0) is 0 Å². The minimum absolute atomic E-state index is 0.490. The lowest BCUT2D eigenvalue weighted by molar-refractivity contribution is 0.373. The summed E-state index contributed by atoms with van der Waals surface area (Å²) in [4.78, 5) is 4.58. The molecule has 0 aliphatic heterocycles. The van der Waals surface area contributed by atoms with Gasteiger partial charge in [-0.1, -0.05) is 19.3 Å². The van der Waals surface area contributed by atoms with E-state index in [1.54, 1.807) is 0 Å². The van der Waals surface area contributed by atoms with Crippen LogP contribution >= 0.6 is 15.9 Å². The molecule has 0 spiro atoms. The van der Waals surface area contributed by atoms with Crippen molar-refractivity contribution >= 4 is 32.7 Å². The molecule has 1 saturated carbocycles. The first-order chi connectivity index (χ1) is 8.24. The molecule has 0 saturated heterocycles. The molecule has 1 aromatic heterocycles. The van der Waals surface area contributed by atoms with Gasteiger partial charge in [0.25, 0.3) is 0 Å². The Morgan fingerprint density at radius 2 is 2.00 bits per heavy atom. The van der Waals surface area contributed by atoms with E-state index in [0.29, 0.717) is 11.6 Å². The highest BCUT2D eigenvalue weighted by Gasteiger charge is 2.21. The number of hydrogen-bond acceptors (Lipinski definition) is 3. The van der Waals surface area contributed by atoms with Crippen LogP contribution < -0.4 is 5.73 Å². The van der Waals surface area contributed by atoms with Gasteiger partial charge in [0.2, 0.25) is 0 Å². The standard InChI is InChI=1S/C13H15BrN2O/c14-10-6-9(15)7-11-12(10)17-13(16-11)8-4-2-1-3-5-8/h6-8H,1-5,15H2. The van der Waals surface area contributed by atoms with E-state index in [1.807, 2.05) is 12.1 Å². The molecule has 0 amide bonds. The van der Waals surface area contributed by atoms with Crippen LogP contribution in [0.15, 0.2) is 21.0 Å². The molecule has 3 nitrogen and oxygen atoms in total. The Bertz CT molecular complexity index is 544. The van der Waals surface area contributed by atoms with Gasteiger partial charge in [-0.25, -0.2) is 4.98 Å². The van der Waals surface area contributed by atoms with E-state index in [2.05, 4.69) is 20.9 Å². The number of aromatic nitrogens is 1. The molecule has 17 heavy (non-hydrogen) atoms. The van der Waals surface area contributed by atoms with Crippen molar-refractivity contribution in [2.45, 2.75) is 38.0 Å². The average Bonchev–Trinajstić information content (AvgIpc) is 2.74. The predicted molar refractivity (Wildman–Crippen MR) is 71.9 cm³/mol. The molecular formula is C13H15BrN2O. The van der Waals surface area contributed by atoms with Crippen molar-refractivity contribution in [3.05, 3.63) is 22.5 Å². The molecule has 1 aliphatic carbocycles. The molecule has 1 heterocycles. The fourth-order valence-corrected chi connectivity index (χ4v) is 3.10. The first-order valence-corrected chi connectivity index (χ1v) is 6.89. The minimum atomic E-state index is 0.490. The Kier molecular flexibility index (Phi) is 2.82. The molecule has 1 aromatic carbocycles. The quantitative estimate of drug-likeness (QED) is 0.801. The van der Waals surface area contributed by atoms with Crippen LogP contribution in [0.1, 0.15) is 43.9 Å². The zero-order chi connectivity index (χ0) is 11.8. The van der Waals surface area contributed by atoms with Gasteiger partial charge in [0.15, 0.2) is 11.5 Å². The normalized spacial score (nSPS) is 17.7. The van der Waals surface area contributed by atoms with E-state index in [1.165, 1.54) is 32.1 Å². The highest BCUT2D eigenvalue weighted by molar-refractivity contribution is 9.10. The first kappa shape index (κ1) is 11.1. The molecule has 0 bridgehead atoms. The number of nitrogens with zero attached hydrogens (tertiary/aromatic N) is 1. The van der Waals surface area contributed by atoms with Crippen LogP contribution in [-0.4, -0.2) is 4.98 Å². The van der Waals surface area contributed by atoms with Crippen LogP contribution in [0, 0.1) is 0 Å². The molecule has 1 fully saturated rings. The summed E-state index contributed by atoms with van der Waals surface area (Å²) in [5.41, 5.74) is 8.19. The number of anilines is 1. The summed E-state index contributed by atoms with van der Waals surface area (Å²) in [6.45, 7) is 0. The maximum absolute atomic E-state index is 5.88. The Hall–Kier alpha value is -1.03. The summed E-state index contributed by atoms with van der Waals surface area (Å²) >= 11 is 3.47. The molecule has 0 atom stereocenters. The van der Waals surface area contributed by atoms with E-state index in [0.717, 1.165) is 21.5 Å². The molecular weight excluding hydrogens is 280 g/mol. The smallest absolute Gasteiger partial charge is 0.198 e. The Labute approximate surface area is 109 Å². The Balaban J connectivity index is 2.03. The zero-order valence-corrected chi connectivity index (χ0v) is 11.2. The lowest BCUT2D eigenvalue weighted by atomic mass is 9.89. The number of rotatable bonds is 1. The predicted octanol–water partition coefficient (Wildman–Crippen LogP) is 4.22. The van der Waals surface area contributed by atoms with Crippen molar-refractivity contribution in [1.29, 1.82) is 0 Å². The summed E-state index contributed by atoms with van der Waals surface area (Å²) in [5, 5.41) is 0. The van der Waals surface area contributed by atoms with Crippen molar-refractivity contribution in [2.24, 2.45) is 0 Å². The minimum Gasteiger partial charge on any atom is -0.439 e. The Morgan fingerprint density at radius 3 is 2.76 bits per heavy atom. The fraction of sp³-hybridized carbons (Fsp3) is 0.462. The van der Waals surface area contributed by atoms with E-state index in [9.17, 15) is 0 Å². The number of fused-ring (bicyclic) bond motifs is 1. The van der Waals surface area contributed by atoms with E-state index < -0.39 is 0 Å². The maximum Gasteiger partial charge on any atom is 0.198 e. The summed E-state index contributed by atoms with van der Waals surface area (Å²) < 4.78 is 6.77. The second-order valence-corrected chi connectivity index (χ2v) is 5.59. The van der Waals surface area contributed by atoms with E-state index in [-0.39, 0.29) is 0 Å². The van der Waals surface area contributed by atoms with Gasteiger partial charge in [-0.3, -0.25) is 0 Å². The molecule has 3 rings (SSSR count). The zero-order valence-electron chi connectivity index (χ0n) is 9.58. The number of hydrogen-bond donors (Lipinski definition) is 1. The number of benzene rings is 1. The van der Waals surface area contributed by atoms with Crippen LogP contribution in [0.25, 0.3) is 11.1 Å². The molecule has 2 aromatic rings. The van der Waals surface area contributed by atoms with Gasteiger partial charge in [-0.15, -0.1) is 0 Å². The SMILES string of the molecule is Nc1cc(Br)c2oc(C3CCCCC3)nc2c1. The maximum atomic E-state index is 5.88. The van der Waals surface area contributed by atoms with Gasteiger partial charge in [0, 0.05) is 11.6 Å². The third-order valence-electron chi connectivity index (χ3n) is 3.44. The number of halogens is 1. The van der Waals surface area contributed by atoms with Gasteiger partial charge in [0.1, 0.15) is 5.52 Å². The van der Waals surface area contributed by atoms with Crippen molar-refractivity contribution < 1.29 is 4.42 Å². The molecule has 1 aliphatic rings. The number of nitrogens with two attached hydrogens (primary N) is 1. The second-order valence-electron chi connectivity index (χ2n) is 4.74. The summed E-state index contributed by atoms with van der Waals surface area (Å²) in [6.07, 6.45) is 6.30. The lowest BCUT2D eigenvalue weighted by Crippen LogP contribution is -2.04. The van der Waals surface area contributed by atoms with Gasteiger partial charge in [0.05, 0.1) is 4.47 Å². The number of oxazole rings is 1. The molecule has 2 N–H and O–H groups in total. The third-order valence-corrected chi connectivity index (χ3v) is 4.03. The van der Waals surface area contributed by atoms with Crippen LogP contribution in [0.4, 0.5) is 5.69 Å². The monoisotopic (exact) mass is 294 g/mol. The molecule has 0 radical (unpaired) electrons. The second kappa shape index (κ2) is 4.33. The molecule has 90 valence electrons. The summed E-state index contributed by atoms with van der Waals surface area (Å²) in [7, 11) is 0. The van der Waals surface area contributed by atoms with Crippen molar-refractivity contribution in [3.63, 3.8) is 0 Å². The van der Waals surface area contributed by atoms with Crippen molar-refractivity contribution in [1.82, 2.24) is 4.98 Å². The highest BCUT2D eigenvalue weighted by atomic mass is 79.9. The first-order valence-electron chi connectivity index (χ1n) is 6.09. The average molecular weight is 295 g/mol. The van der Waals surface area contributed by atoms with Gasteiger partial charge >= 0.3 is 0 Å². The lowest BCUT2D eigenvalue weighted by Gasteiger charge is -2.17. The van der Waals surface area contributed by atoms with E-state index in [4.69, 9.17) is 10.2 Å². The van der Waals surface area contributed by atoms with Crippen LogP contribution in [0.2, 0.25) is 0 Å². The van der Waals surface area contributed by atoms with E-state index >= 15 is 0 Å². The topological polar surface area (TPSA) is 52.0 Å². The van der Waals surface area contributed by atoms with Crippen molar-refractivity contribution in [2.75, 3.05) is 5.73 Å². The van der Waals surface area contributed by atoms with Gasteiger partial charge in [-0.05, 0) is 40.9 Å². The van der Waals surface area contributed by atoms with Crippen molar-refractivity contribution in [3.8, 4) is 0 Å². The van der Waals surface area contributed by atoms with Crippen LogP contribution in [0.3, 0.4) is 0 Å². The largest absolute Gasteiger partial charge is 0.439 e. The molecule has 0 unspecified atom stereocenters. The third kappa shape index (κ3) is 2.06. The van der Waals surface area contributed by atoms with Crippen LogP contribution in [0.5, 0.6) is 0 Å². The van der Waals surface area contributed by atoms with Gasteiger partial charge < -0.3 is 10.2 Å². The summed E-state index contributed by atoms with van der Waals surface area (Å²) in [6, 6.07) is 3.73. The Morgan fingerprint density at radius 1 is 1.24 bits per heavy atom. The summed E-state index contributed by atoms with van der Waals surface area (Å²) in [5.74, 6) is 1.37. The van der Waals surface area contributed by atoms with Gasteiger partial charge in [-0.2, -0.15) is 0 Å². The fourth-order valence-electron chi connectivity index (χ4n) is 2.55. The highest BCUT2D eigenvalue weighted by Crippen LogP contribution is 2.36. The number of nitrogen functional groups attached to an aromatic ring is 1. The molecule has 4 heteroatoms.